The fourth-order valence-electron chi connectivity index (χ4n) is 5.45. The Bertz CT molecular complexity index is 630. The Balaban J connectivity index is 1.45. The summed E-state index contributed by atoms with van der Waals surface area (Å²) in [7, 11) is 1.58. The first-order chi connectivity index (χ1) is 11.6. The molecule has 5 heteroatoms. The number of benzene rings is 1. The predicted molar refractivity (Wildman–Crippen MR) is 93.7 cm³/mol. The van der Waals surface area contributed by atoms with E-state index in [1.165, 1.54) is 32.1 Å². The molecule has 0 spiro atoms. The first kappa shape index (κ1) is 15.5. The second-order valence-electron chi connectivity index (χ2n) is 7.73. The van der Waals surface area contributed by atoms with E-state index in [2.05, 4.69) is 16.0 Å². The number of anilines is 2. The lowest BCUT2D eigenvalue weighted by atomic mass is 9.51. The molecule has 5 rings (SSSR count). The van der Waals surface area contributed by atoms with Crippen molar-refractivity contribution in [1.29, 1.82) is 0 Å². The third-order valence-electron chi connectivity index (χ3n) is 6.14. The fourth-order valence-corrected chi connectivity index (χ4v) is 5.45. The Kier molecular flexibility index (Phi) is 3.94. The number of urea groups is 1. The lowest BCUT2D eigenvalue weighted by Gasteiger charge is -2.53. The second kappa shape index (κ2) is 6.11. The van der Waals surface area contributed by atoms with Crippen molar-refractivity contribution in [3.63, 3.8) is 0 Å². The highest BCUT2D eigenvalue weighted by atomic mass is 16.2. The summed E-state index contributed by atoms with van der Waals surface area (Å²) in [4.78, 5) is 24.3. The Morgan fingerprint density at radius 3 is 2.08 bits per heavy atom. The Morgan fingerprint density at radius 1 is 0.917 bits per heavy atom. The molecule has 1 aromatic rings. The zero-order valence-electron chi connectivity index (χ0n) is 14.0. The van der Waals surface area contributed by atoms with Gasteiger partial charge < -0.3 is 16.0 Å². The van der Waals surface area contributed by atoms with Gasteiger partial charge in [0.25, 0.3) is 0 Å². The van der Waals surface area contributed by atoms with Crippen LogP contribution in [0.4, 0.5) is 16.2 Å². The van der Waals surface area contributed by atoms with Crippen LogP contribution in [0.15, 0.2) is 24.3 Å². The molecule has 0 radical (unpaired) electrons. The van der Waals surface area contributed by atoms with Crippen molar-refractivity contribution in [1.82, 2.24) is 5.32 Å². The lowest BCUT2D eigenvalue weighted by Crippen LogP contribution is -2.49. The molecule has 4 bridgehead atoms. The van der Waals surface area contributed by atoms with Crippen LogP contribution in [0.1, 0.15) is 32.1 Å². The van der Waals surface area contributed by atoms with E-state index < -0.39 is 0 Å². The summed E-state index contributed by atoms with van der Waals surface area (Å²) in [5, 5.41) is 8.35. The summed E-state index contributed by atoms with van der Waals surface area (Å²) < 4.78 is 0. The summed E-state index contributed by atoms with van der Waals surface area (Å²) in [5.74, 6) is 3.24. The highest BCUT2D eigenvalue weighted by Crippen LogP contribution is 2.56. The Morgan fingerprint density at radius 2 is 1.50 bits per heavy atom. The van der Waals surface area contributed by atoms with Gasteiger partial charge >= 0.3 is 6.03 Å². The van der Waals surface area contributed by atoms with E-state index in [1.54, 1.807) is 7.05 Å². The summed E-state index contributed by atoms with van der Waals surface area (Å²) in [6.45, 7) is 0. The van der Waals surface area contributed by atoms with Gasteiger partial charge in [-0.2, -0.15) is 0 Å². The standard InChI is InChI=1S/C19H25N3O2/c1-20-19(24)22-16-4-2-3-15(10-16)21-18(23)17-13-6-11-5-12(8-13)9-14(17)7-11/h2-4,10-14,17H,5-9H2,1H3,(H,21,23)(H2,20,22,24). The molecule has 4 saturated carbocycles. The van der Waals surface area contributed by atoms with Crippen LogP contribution in [-0.4, -0.2) is 19.0 Å². The van der Waals surface area contributed by atoms with Gasteiger partial charge in [-0.15, -0.1) is 0 Å². The molecule has 0 heterocycles. The van der Waals surface area contributed by atoms with Crippen LogP contribution in [0.5, 0.6) is 0 Å². The Labute approximate surface area is 142 Å². The van der Waals surface area contributed by atoms with E-state index in [4.69, 9.17) is 0 Å². The molecule has 3 N–H and O–H groups in total. The van der Waals surface area contributed by atoms with Crippen molar-refractivity contribution in [2.75, 3.05) is 17.7 Å². The minimum absolute atomic E-state index is 0.167. The summed E-state index contributed by atoms with van der Waals surface area (Å²) in [6.07, 6.45) is 6.36. The summed E-state index contributed by atoms with van der Waals surface area (Å²) in [6, 6.07) is 7.08. The van der Waals surface area contributed by atoms with Crippen molar-refractivity contribution in [2.45, 2.75) is 32.1 Å². The van der Waals surface area contributed by atoms with Crippen molar-refractivity contribution in [3.05, 3.63) is 24.3 Å². The van der Waals surface area contributed by atoms with Gasteiger partial charge in [0, 0.05) is 24.3 Å². The normalized spacial score (nSPS) is 33.1. The number of hydrogen-bond acceptors (Lipinski definition) is 2. The molecule has 0 saturated heterocycles. The molecular weight excluding hydrogens is 302 g/mol. The maximum atomic E-state index is 12.9. The number of carbonyl (C=O) groups is 2. The van der Waals surface area contributed by atoms with Crippen LogP contribution in [0.3, 0.4) is 0 Å². The highest BCUT2D eigenvalue weighted by molar-refractivity contribution is 5.95. The molecule has 0 aliphatic heterocycles. The lowest BCUT2D eigenvalue weighted by molar-refractivity contribution is -0.132. The Hall–Kier alpha value is -2.04. The summed E-state index contributed by atoms with van der Waals surface area (Å²) >= 11 is 0. The number of amides is 3. The van der Waals surface area contributed by atoms with Gasteiger partial charge in [-0.25, -0.2) is 4.79 Å². The van der Waals surface area contributed by atoms with Crippen molar-refractivity contribution < 1.29 is 9.59 Å². The molecule has 4 fully saturated rings. The molecule has 0 atom stereocenters. The number of carbonyl (C=O) groups excluding carboxylic acids is 2. The minimum atomic E-state index is -0.264. The van der Waals surface area contributed by atoms with Gasteiger partial charge in [-0.1, -0.05) is 6.07 Å². The average Bonchev–Trinajstić information content (AvgIpc) is 2.54. The fraction of sp³-hybridized carbons (Fsp3) is 0.579. The molecule has 5 nitrogen and oxygen atoms in total. The third-order valence-corrected chi connectivity index (χ3v) is 6.14. The van der Waals surface area contributed by atoms with E-state index in [-0.39, 0.29) is 17.9 Å². The van der Waals surface area contributed by atoms with Crippen molar-refractivity contribution in [2.24, 2.45) is 29.6 Å². The van der Waals surface area contributed by atoms with E-state index in [0.717, 1.165) is 17.5 Å². The maximum Gasteiger partial charge on any atom is 0.318 e. The first-order valence-corrected chi connectivity index (χ1v) is 9.02. The van der Waals surface area contributed by atoms with Crippen LogP contribution in [0.2, 0.25) is 0 Å². The maximum absolute atomic E-state index is 12.9. The van der Waals surface area contributed by atoms with Gasteiger partial charge in [0.15, 0.2) is 0 Å². The quantitative estimate of drug-likeness (QED) is 0.796. The summed E-state index contributed by atoms with van der Waals surface area (Å²) in [5.41, 5.74) is 1.43. The first-order valence-electron chi connectivity index (χ1n) is 9.02. The largest absolute Gasteiger partial charge is 0.341 e. The van der Waals surface area contributed by atoms with Crippen LogP contribution in [0.25, 0.3) is 0 Å². The predicted octanol–water partition coefficient (Wildman–Crippen LogP) is 3.45. The molecule has 4 aliphatic rings. The van der Waals surface area contributed by atoms with E-state index >= 15 is 0 Å². The van der Waals surface area contributed by atoms with Crippen LogP contribution >= 0.6 is 0 Å². The zero-order valence-corrected chi connectivity index (χ0v) is 14.0. The van der Waals surface area contributed by atoms with Gasteiger partial charge in [0.2, 0.25) is 5.91 Å². The SMILES string of the molecule is CNC(=O)Nc1cccc(NC(=O)C2C3CC4CC(C3)CC2C4)c1. The van der Waals surface area contributed by atoms with Gasteiger partial charge in [0.1, 0.15) is 0 Å². The highest BCUT2D eigenvalue weighted by Gasteiger charge is 2.50. The number of hydrogen-bond donors (Lipinski definition) is 3. The third kappa shape index (κ3) is 2.87. The van der Waals surface area contributed by atoms with Crippen molar-refractivity contribution >= 4 is 23.3 Å². The van der Waals surface area contributed by atoms with E-state index in [9.17, 15) is 9.59 Å². The van der Waals surface area contributed by atoms with E-state index in [1.807, 2.05) is 24.3 Å². The second-order valence-corrected chi connectivity index (χ2v) is 7.73. The zero-order chi connectivity index (χ0) is 16.7. The molecule has 3 amide bonds. The number of rotatable bonds is 3. The molecule has 24 heavy (non-hydrogen) atoms. The van der Waals surface area contributed by atoms with Crippen LogP contribution < -0.4 is 16.0 Å². The van der Waals surface area contributed by atoms with Crippen LogP contribution in [-0.2, 0) is 4.79 Å². The topological polar surface area (TPSA) is 70.2 Å². The molecular formula is C19H25N3O2. The molecule has 0 unspecified atom stereocenters. The smallest absolute Gasteiger partial charge is 0.318 e. The molecule has 128 valence electrons. The van der Waals surface area contributed by atoms with Gasteiger partial charge in [0.05, 0.1) is 0 Å². The van der Waals surface area contributed by atoms with E-state index in [0.29, 0.717) is 17.5 Å². The average molecular weight is 327 g/mol. The monoisotopic (exact) mass is 327 g/mol. The molecule has 1 aromatic carbocycles. The van der Waals surface area contributed by atoms with Crippen molar-refractivity contribution in [3.8, 4) is 0 Å². The van der Waals surface area contributed by atoms with Gasteiger partial charge in [-0.05, 0) is 74.0 Å². The van der Waals surface area contributed by atoms with Crippen LogP contribution in [0, 0.1) is 29.6 Å². The molecule has 4 aliphatic carbocycles. The minimum Gasteiger partial charge on any atom is -0.341 e. The van der Waals surface area contributed by atoms with Gasteiger partial charge in [-0.3, -0.25) is 4.79 Å². The molecule has 0 aromatic heterocycles. The number of nitrogens with one attached hydrogen (secondary N) is 3.